The number of rotatable bonds is 21. The lowest BCUT2D eigenvalue weighted by atomic mass is 9.90. The Hall–Kier alpha value is -2.84. The van der Waals surface area contributed by atoms with Gasteiger partial charge in [-0.15, -0.1) is 5.06 Å². The number of aliphatic imine (C=N–C) groups is 1. The maximum atomic E-state index is 12.2. The van der Waals surface area contributed by atoms with Crippen LogP contribution in [0.15, 0.2) is 23.2 Å². The van der Waals surface area contributed by atoms with E-state index in [9.17, 15) is 19.2 Å². The van der Waals surface area contributed by atoms with Crippen LogP contribution in [0, 0.1) is 0 Å². The van der Waals surface area contributed by atoms with Gasteiger partial charge in [0.25, 0.3) is 11.8 Å². The lowest BCUT2D eigenvalue weighted by Crippen LogP contribution is -2.32. The number of hydrogen-bond acceptors (Lipinski definition) is 12. The van der Waals surface area contributed by atoms with E-state index in [-0.39, 0.29) is 49.6 Å². The number of benzene rings is 1. The monoisotopic (exact) mass is 636 g/mol. The van der Waals surface area contributed by atoms with Crippen LogP contribution in [0.2, 0.25) is 0 Å². The molecule has 0 bridgehead atoms. The summed E-state index contributed by atoms with van der Waals surface area (Å²) in [6.07, 6.45) is 3.26. The second-order valence-corrected chi connectivity index (χ2v) is 12.3. The molecule has 0 saturated carbocycles. The fourth-order valence-corrected chi connectivity index (χ4v) is 4.73. The summed E-state index contributed by atoms with van der Waals surface area (Å²) in [5.41, 5.74) is 3.27. The maximum absolute atomic E-state index is 12.2. The standard InChI is InChI=1S/C31H44N2O10S/c1-31(2,44)21-24(34)22-32-27-5-3-4-23-20-25(6-7-26(23)27)42-19-18-41-17-16-40-15-14-39-13-12-38-11-10-30(37)43-33-28(35)8-9-29(33)36/h6-7,20,44H,3-5,8-19,21-22H2,1-2H3. The maximum Gasteiger partial charge on any atom is 0.335 e. The number of hydrogen-bond donors (Lipinski definition) is 1. The van der Waals surface area contributed by atoms with Gasteiger partial charge < -0.3 is 28.5 Å². The van der Waals surface area contributed by atoms with Crippen LogP contribution in [0.1, 0.15) is 63.5 Å². The Bertz CT molecular complexity index is 1130. The number of hydroxylamine groups is 2. The average molecular weight is 637 g/mol. The highest BCUT2D eigenvalue weighted by Gasteiger charge is 2.32. The highest BCUT2D eigenvalue weighted by Crippen LogP contribution is 2.26. The summed E-state index contributed by atoms with van der Waals surface area (Å²) in [6, 6.07) is 6.01. The van der Waals surface area contributed by atoms with Crippen LogP contribution in [0.4, 0.5) is 0 Å². The van der Waals surface area contributed by atoms with Crippen LogP contribution in [-0.4, -0.2) is 105 Å². The smallest absolute Gasteiger partial charge is 0.335 e. The van der Waals surface area contributed by atoms with E-state index in [0.29, 0.717) is 57.7 Å². The summed E-state index contributed by atoms with van der Waals surface area (Å²) in [4.78, 5) is 56.1. The molecule has 13 heteroatoms. The molecular formula is C31H44N2O10S. The van der Waals surface area contributed by atoms with Crippen LogP contribution >= 0.6 is 12.6 Å². The molecule has 0 radical (unpaired) electrons. The molecule has 0 unspecified atom stereocenters. The number of nitrogens with zero attached hydrogens (tertiary/aromatic N) is 2. The zero-order valence-corrected chi connectivity index (χ0v) is 26.6. The highest BCUT2D eigenvalue weighted by atomic mass is 32.1. The molecule has 0 N–H and O–H groups in total. The van der Waals surface area contributed by atoms with Gasteiger partial charge in [-0.1, -0.05) is 13.8 Å². The molecule has 44 heavy (non-hydrogen) atoms. The van der Waals surface area contributed by atoms with Gasteiger partial charge in [-0.05, 0) is 48.6 Å². The van der Waals surface area contributed by atoms with Gasteiger partial charge in [0.05, 0.1) is 65.8 Å². The normalized spacial score (nSPS) is 16.0. The van der Waals surface area contributed by atoms with Gasteiger partial charge in [-0.25, -0.2) is 4.79 Å². The average Bonchev–Trinajstić information content (AvgIpc) is 3.29. The molecule has 0 atom stereocenters. The van der Waals surface area contributed by atoms with Gasteiger partial charge in [-0.2, -0.15) is 12.6 Å². The van der Waals surface area contributed by atoms with Crippen molar-refractivity contribution in [2.45, 2.75) is 63.5 Å². The Morgan fingerprint density at radius 2 is 1.43 bits per heavy atom. The topological polar surface area (TPSA) is 139 Å². The van der Waals surface area contributed by atoms with E-state index in [0.717, 1.165) is 36.3 Å². The number of amides is 2. The Morgan fingerprint density at radius 3 is 2.05 bits per heavy atom. The molecule has 1 fully saturated rings. The third-order valence-electron chi connectivity index (χ3n) is 6.59. The molecule has 1 saturated heterocycles. The fraction of sp³-hybridized carbons (Fsp3) is 0.645. The van der Waals surface area contributed by atoms with Crippen LogP contribution < -0.4 is 4.74 Å². The SMILES string of the molecule is CC(C)(S)CC(=O)CN=C1CCCc2cc(OCCOCCOCCOCCOCCC(=O)ON3C(=O)CCC3=O)ccc21. The van der Waals surface area contributed by atoms with Gasteiger partial charge in [0.1, 0.15) is 12.4 Å². The van der Waals surface area contributed by atoms with Crippen molar-refractivity contribution in [1.29, 1.82) is 0 Å². The first-order chi connectivity index (χ1) is 21.1. The van der Waals surface area contributed by atoms with Gasteiger partial charge in [0.2, 0.25) is 0 Å². The number of carbonyl (C=O) groups is 4. The number of fused-ring (bicyclic) bond motifs is 1. The predicted octanol–water partition coefficient (Wildman–Crippen LogP) is 2.92. The molecule has 0 aromatic heterocycles. The fourth-order valence-electron chi connectivity index (χ4n) is 4.56. The van der Waals surface area contributed by atoms with Crippen molar-refractivity contribution < 1.29 is 47.7 Å². The van der Waals surface area contributed by atoms with Crippen molar-refractivity contribution in [3.05, 3.63) is 29.3 Å². The number of Topliss-reactive ketones (excluding diaryl/α,β-unsaturated/α-hetero) is 1. The third kappa shape index (κ3) is 13.4. The molecule has 1 aromatic rings. The number of thiol groups is 1. The Balaban J connectivity index is 1.15. The first-order valence-electron chi connectivity index (χ1n) is 15.0. The van der Waals surface area contributed by atoms with Gasteiger partial charge in [-0.3, -0.25) is 19.4 Å². The molecule has 3 rings (SSSR count). The molecule has 244 valence electrons. The molecule has 12 nitrogen and oxygen atoms in total. The van der Waals surface area contributed by atoms with E-state index in [1.807, 2.05) is 32.0 Å². The van der Waals surface area contributed by atoms with E-state index in [1.165, 1.54) is 5.56 Å². The molecule has 2 aliphatic rings. The van der Waals surface area contributed by atoms with Crippen molar-refractivity contribution in [2.24, 2.45) is 4.99 Å². The van der Waals surface area contributed by atoms with E-state index < -0.39 is 17.8 Å². The first kappa shape index (κ1) is 35.6. The van der Waals surface area contributed by atoms with Crippen molar-refractivity contribution in [2.75, 3.05) is 66.0 Å². The third-order valence-corrected chi connectivity index (χ3v) is 6.74. The van der Waals surface area contributed by atoms with Crippen LogP contribution in [-0.2, 0) is 49.4 Å². The number of ether oxygens (including phenoxy) is 5. The minimum atomic E-state index is -0.698. The molecular weight excluding hydrogens is 592 g/mol. The molecule has 1 heterocycles. The second-order valence-electron chi connectivity index (χ2n) is 11.1. The summed E-state index contributed by atoms with van der Waals surface area (Å²) < 4.78 is 27.3. The van der Waals surface area contributed by atoms with E-state index in [2.05, 4.69) is 17.6 Å². The molecule has 0 spiro atoms. The van der Waals surface area contributed by atoms with Crippen LogP contribution in [0.3, 0.4) is 0 Å². The Morgan fingerprint density at radius 1 is 0.841 bits per heavy atom. The van der Waals surface area contributed by atoms with E-state index >= 15 is 0 Å². The van der Waals surface area contributed by atoms with Gasteiger partial charge >= 0.3 is 5.97 Å². The number of ketones is 1. The van der Waals surface area contributed by atoms with E-state index in [4.69, 9.17) is 28.5 Å². The van der Waals surface area contributed by atoms with Crippen molar-refractivity contribution in [1.82, 2.24) is 5.06 Å². The van der Waals surface area contributed by atoms with Crippen LogP contribution in [0.25, 0.3) is 0 Å². The minimum Gasteiger partial charge on any atom is -0.491 e. The van der Waals surface area contributed by atoms with Crippen molar-refractivity contribution >= 4 is 41.9 Å². The summed E-state index contributed by atoms with van der Waals surface area (Å²) in [6.45, 7) is 7.28. The summed E-state index contributed by atoms with van der Waals surface area (Å²) in [5.74, 6) is -0.835. The molecule has 1 aliphatic heterocycles. The van der Waals surface area contributed by atoms with Crippen molar-refractivity contribution in [3.63, 3.8) is 0 Å². The number of carbonyl (C=O) groups excluding carboxylic acids is 4. The molecule has 2 amide bonds. The minimum absolute atomic E-state index is 0.0593. The lowest BCUT2D eigenvalue weighted by Gasteiger charge is -2.20. The van der Waals surface area contributed by atoms with Gasteiger partial charge in [0.15, 0.2) is 5.78 Å². The van der Waals surface area contributed by atoms with Crippen molar-refractivity contribution in [3.8, 4) is 5.75 Å². The second kappa shape index (κ2) is 18.8. The zero-order valence-electron chi connectivity index (χ0n) is 25.7. The predicted molar refractivity (Wildman–Crippen MR) is 164 cm³/mol. The van der Waals surface area contributed by atoms with E-state index in [1.54, 1.807) is 0 Å². The number of aryl methyl sites for hydroxylation is 1. The summed E-state index contributed by atoms with van der Waals surface area (Å²) in [7, 11) is 0. The first-order valence-corrected chi connectivity index (χ1v) is 15.5. The Kier molecular flexibility index (Phi) is 15.3. The van der Waals surface area contributed by atoms with Gasteiger partial charge in [0, 0.05) is 29.7 Å². The molecule has 1 aliphatic carbocycles. The number of imide groups is 1. The summed E-state index contributed by atoms with van der Waals surface area (Å²) >= 11 is 4.44. The highest BCUT2D eigenvalue weighted by molar-refractivity contribution is 7.81. The Labute approximate surface area is 264 Å². The zero-order chi connectivity index (χ0) is 31.8. The quantitative estimate of drug-likeness (QED) is 0.122. The summed E-state index contributed by atoms with van der Waals surface area (Å²) in [5, 5.41) is 0.521. The largest absolute Gasteiger partial charge is 0.491 e. The van der Waals surface area contributed by atoms with Crippen LogP contribution in [0.5, 0.6) is 5.75 Å². The molecule has 1 aromatic carbocycles. The lowest BCUT2D eigenvalue weighted by molar-refractivity contribution is -0.198.